The van der Waals surface area contributed by atoms with Gasteiger partial charge in [-0.05, 0) is 45.4 Å². The highest BCUT2D eigenvalue weighted by molar-refractivity contribution is 5.83. The Morgan fingerprint density at radius 3 is 3.05 bits per heavy atom. The van der Waals surface area contributed by atoms with Gasteiger partial charge >= 0.3 is 0 Å². The quantitative estimate of drug-likeness (QED) is 0.791. The van der Waals surface area contributed by atoms with Crippen LogP contribution in [0.15, 0.2) is 18.3 Å². The van der Waals surface area contributed by atoms with Crippen LogP contribution in [0, 0.1) is 0 Å². The van der Waals surface area contributed by atoms with E-state index in [9.17, 15) is 4.79 Å². The molecule has 0 N–H and O–H groups in total. The molecule has 3 heterocycles. The average molecular weight is 258 g/mol. The van der Waals surface area contributed by atoms with Crippen LogP contribution in [-0.4, -0.2) is 38.4 Å². The lowest BCUT2D eigenvalue weighted by molar-refractivity contribution is 0.112. The van der Waals surface area contributed by atoms with Crippen molar-refractivity contribution in [2.45, 2.75) is 38.8 Å². The minimum Gasteiger partial charge on any atom is -0.298 e. The molecule has 1 saturated heterocycles. The summed E-state index contributed by atoms with van der Waals surface area (Å²) in [6.07, 6.45) is 4.95. The SMILES string of the molecule is CC(C)N1CCCC1c1nc2c(C=O)cccn2n1. The number of nitrogens with zero attached hydrogens (tertiary/aromatic N) is 4. The molecule has 0 radical (unpaired) electrons. The standard InChI is InChI=1S/C14H18N4O/c1-10(2)17-7-4-6-12(17)13-15-14-11(9-19)5-3-8-18(14)16-13/h3,5,8-10,12H,4,6-7H2,1-2H3. The first-order valence-electron chi connectivity index (χ1n) is 6.77. The summed E-state index contributed by atoms with van der Waals surface area (Å²) in [5.74, 6) is 0.834. The molecule has 100 valence electrons. The van der Waals surface area contributed by atoms with Crippen molar-refractivity contribution in [3.8, 4) is 0 Å². The molecule has 0 aliphatic carbocycles. The number of carbonyl (C=O) groups excluding carboxylic acids is 1. The monoisotopic (exact) mass is 258 g/mol. The minimum atomic E-state index is 0.277. The van der Waals surface area contributed by atoms with Crippen LogP contribution in [0.5, 0.6) is 0 Å². The molecule has 0 aromatic carbocycles. The van der Waals surface area contributed by atoms with Crippen molar-refractivity contribution in [3.63, 3.8) is 0 Å². The molecule has 0 spiro atoms. The molecule has 19 heavy (non-hydrogen) atoms. The summed E-state index contributed by atoms with van der Waals surface area (Å²) in [6.45, 7) is 5.49. The largest absolute Gasteiger partial charge is 0.298 e. The van der Waals surface area contributed by atoms with Gasteiger partial charge in [-0.25, -0.2) is 9.50 Å². The topological polar surface area (TPSA) is 50.5 Å². The van der Waals surface area contributed by atoms with Crippen molar-refractivity contribution in [2.75, 3.05) is 6.54 Å². The van der Waals surface area contributed by atoms with Crippen LogP contribution < -0.4 is 0 Å². The van der Waals surface area contributed by atoms with E-state index in [2.05, 4.69) is 28.8 Å². The van der Waals surface area contributed by atoms with Gasteiger partial charge in [0.05, 0.1) is 11.6 Å². The lowest BCUT2D eigenvalue weighted by atomic mass is 10.2. The maximum Gasteiger partial charge on any atom is 0.168 e. The van der Waals surface area contributed by atoms with E-state index in [1.807, 2.05) is 12.3 Å². The fourth-order valence-electron chi connectivity index (χ4n) is 2.86. The van der Waals surface area contributed by atoms with E-state index in [-0.39, 0.29) is 6.04 Å². The summed E-state index contributed by atoms with van der Waals surface area (Å²) in [5, 5.41) is 4.54. The number of aldehydes is 1. The van der Waals surface area contributed by atoms with Crippen LogP contribution in [0.1, 0.15) is 48.9 Å². The fraction of sp³-hybridized carbons (Fsp3) is 0.500. The maximum absolute atomic E-state index is 11.0. The van der Waals surface area contributed by atoms with Crippen LogP contribution in [0.4, 0.5) is 0 Å². The zero-order valence-electron chi connectivity index (χ0n) is 11.3. The number of likely N-dealkylation sites (tertiary alicyclic amines) is 1. The van der Waals surface area contributed by atoms with Gasteiger partial charge in [-0.15, -0.1) is 5.10 Å². The van der Waals surface area contributed by atoms with E-state index in [0.717, 1.165) is 25.1 Å². The molecule has 0 bridgehead atoms. The van der Waals surface area contributed by atoms with Crippen LogP contribution in [-0.2, 0) is 0 Å². The van der Waals surface area contributed by atoms with Gasteiger partial charge in [0.15, 0.2) is 17.8 Å². The highest BCUT2D eigenvalue weighted by atomic mass is 16.1. The highest BCUT2D eigenvalue weighted by Crippen LogP contribution is 2.31. The Balaban J connectivity index is 2.04. The zero-order chi connectivity index (χ0) is 13.4. The van der Waals surface area contributed by atoms with Crippen molar-refractivity contribution in [1.82, 2.24) is 19.5 Å². The molecule has 1 aliphatic heterocycles. The predicted molar refractivity (Wildman–Crippen MR) is 72.2 cm³/mol. The third-order valence-corrected chi connectivity index (χ3v) is 3.79. The molecule has 5 heteroatoms. The molecule has 2 aromatic rings. The molecule has 1 unspecified atom stereocenters. The number of rotatable bonds is 3. The Kier molecular flexibility index (Phi) is 3.06. The minimum absolute atomic E-state index is 0.277. The zero-order valence-corrected chi connectivity index (χ0v) is 11.3. The summed E-state index contributed by atoms with van der Waals surface area (Å²) >= 11 is 0. The summed E-state index contributed by atoms with van der Waals surface area (Å²) < 4.78 is 1.70. The molecular formula is C14H18N4O. The number of hydrogen-bond donors (Lipinski definition) is 0. The Bertz CT molecular complexity index is 605. The van der Waals surface area contributed by atoms with Gasteiger partial charge in [0.2, 0.25) is 0 Å². The maximum atomic E-state index is 11.0. The molecule has 1 atom stereocenters. The number of carbonyl (C=O) groups is 1. The van der Waals surface area contributed by atoms with E-state index in [0.29, 0.717) is 17.3 Å². The molecule has 3 rings (SSSR count). The Labute approximate surface area is 112 Å². The van der Waals surface area contributed by atoms with E-state index >= 15 is 0 Å². The van der Waals surface area contributed by atoms with Gasteiger partial charge in [0.25, 0.3) is 0 Å². The molecular weight excluding hydrogens is 240 g/mol. The third kappa shape index (κ3) is 2.04. The van der Waals surface area contributed by atoms with Crippen LogP contribution in [0.25, 0.3) is 5.65 Å². The van der Waals surface area contributed by atoms with Gasteiger partial charge in [-0.2, -0.15) is 0 Å². The average Bonchev–Trinajstić information content (AvgIpc) is 3.03. The third-order valence-electron chi connectivity index (χ3n) is 3.79. The normalized spacial score (nSPS) is 20.5. The first-order valence-corrected chi connectivity index (χ1v) is 6.77. The van der Waals surface area contributed by atoms with Gasteiger partial charge in [0, 0.05) is 12.2 Å². The van der Waals surface area contributed by atoms with E-state index in [4.69, 9.17) is 0 Å². The van der Waals surface area contributed by atoms with Gasteiger partial charge in [0.1, 0.15) is 0 Å². The van der Waals surface area contributed by atoms with E-state index < -0.39 is 0 Å². The van der Waals surface area contributed by atoms with E-state index in [1.165, 1.54) is 6.42 Å². The van der Waals surface area contributed by atoms with Gasteiger partial charge in [-0.1, -0.05) is 0 Å². The lowest BCUT2D eigenvalue weighted by Crippen LogP contribution is -2.30. The molecule has 0 amide bonds. The highest BCUT2D eigenvalue weighted by Gasteiger charge is 2.31. The van der Waals surface area contributed by atoms with Crippen molar-refractivity contribution < 1.29 is 4.79 Å². The molecule has 0 saturated carbocycles. The lowest BCUT2D eigenvalue weighted by Gasteiger charge is -2.25. The Morgan fingerprint density at radius 2 is 2.32 bits per heavy atom. The second kappa shape index (κ2) is 4.74. The van der Waals surface area contributed by atoms with E-state index in [1.54, 1.807) is 10.6 Å². The number of fused-ring (bicyclic) bond motifs is 1. The first-order chi connectivity index (χ1) is 9.20. The van der Waals surface area contributed by atoms with Crippen molar-refractivity contribution in [2.24, 2.45) is 0 Å². The summed E-state index contributed by atoms with van der Waals surface area (Å²) in [6, 6.07) is 4.36. The van der Waals surface area contributed by atoms with Crippen molar-refractivity contribution in [1.29, 1.82) is 0 Å². The number of pyridine rings is 1. The number of hydrogen-bond acceptors (Lipinski definition) is 4. The smallest absolute Gasteiger partial charge is 0.168 e. The Hall–Kier alpha value is -1.75. The summed E-state index contributed by atoms with van der Waals surface area (Å²) in [4.78, 5) is 18.0. The van der Waals surface area contributed by atoms with Crippen LogP contribution in [0.3, 0.4) is 0 Å². The second-order valence-corrected chi connectivity index (χ2v) is 5.31. The van der Waals surface area contributed by atoms with Crippen LogP contribution in [0.2, 0.25) is 0 Å². The molecule has 5 nitrogen and oxygen atoms in total. The van der Waals surface area contributed by atoms with Crippen LogP contribution >= 0.6 is 0 Å². The van der Waals surface area contributed by atoms with Crippen molar-refractivity contribution >= 4 is 11.9 Å². The summed E-state index contributed by atoms with van der Waals surface area (Å²) in [5.41, 5.74) is 1.25. The fourth-order valence-corrected chi connectivity index (χ4v) is 2.86. The predicted octanol–water partition coefficient (Wildman–Crippen LogP) is 2.09. The number of aromatic nitrogens is 3. The second-order valence-electron chi connectivity index (χ2n) is 5.31. The first kappa shape index (κ1) is 12.3. The van der Waals surface area contributed by atoms with Crippen molar-refractivity contribution in [3.05, 3.63) is 29.7 Å². The van der Waals surface area contributed by atoms with Gasteiger partial charge in [-0.3, -0.25) is 9.69 Å². The summed E-state index contributed by atoms with van der Waals surface area (Å²) in [7, 11) is 0. The molecule has 1 fully saturated rings. The molecule has 2 aromatic heterocycles. The Morgan fingerprint density at radius 1 is 1.47 bits per heavy atom. The molecule has 1 aliphatic rings. The van der Waals surface area contributed by atoms with Gasteiger partial charge < -0.3 is 0 Å².